The summed E-state index contributed by atoms with van der Waals surface area (Å²) in [5, 5.41) is 12.5. The molecule has 2 saturated heterocycles. The molecule has 0 spiro atoms. The Hall–Kier alpha value is -1.15. The third-order valence-corrected chi connectivity index (χ3v) is 4.35. The Bertz CT molecular complexity index is 480. The summed E-state index contributed by atoms with van der Waals surface area (Å²) in [4.78, 5) is 12.8. The summed E-state index contributed by atoms with van der Waals surface area (Å²) in [6.07, 6.45) is 1.42. The first-order valence-electron chi connectivity index (χ1n) is 7.23. The molecule has 0 saturated carbocycles. The van der Waals surface area contributed by atoms with E-state index in [-0.39, 0.29) is 18.1 Å². The minimum Gasteiger partial charge on any atom is -0.356 e. The normalized spacial score (nSPS) is 44.8. The standard InChI is InChI=1S/C14H22N2O5/c1-5-14(4)10-9(19-13(2,3)20-10)11(21-14)16-7-6-8(17)15-12(16)18/h6-7,9-12,18H,5H2,1-4H3,(H,15,17)/t9?,10?,11-,12?,14-/m1/s1. The summed E-state index contributed by atoms with van der Waals surface area (Å²) >= 11 is 0. The molecule has 0 radical (unpaired) electrons. The van der Waals surface area contributed by atoms with Gasteiger partial charge in [0.05, 0.1) is 5.60 Å². The topological polar surface area (TPSA) is 80.3 Å². The molecule has 3 unspecified atom stereocenters. The van der Waals surface area contributed by atoms with Crippen LogP contribution in [0.4, 0.5) is 0 Å². The van der Waals surface area contributed by atoms with Crippen LogP contribution in [-0.2, 0) is 19.0 Å². The molecule has 3 rings (SSSR count). The Kier molecular flexibility index (Phi) is 3.29. The molecule has 1 amide bonds. The number of fused-ring (bicyclic) bond motifs is 1. The van der Waals surface area contributed by atoms with Gasteiger partial charge >= 0.3 is 0 Å². The second kappa shape index (κ2) is 4.67. The number of carbonyl (C=O) groups excluding carboxylic acids is 1. The molecule has 0 aromatic rings. The maximum atomic E-state index is 11.3. The van der Waals surface area contributed by atoms with Gasteiger partial charge in [0.1, 0.15) is 12.2 Å². The first kappa shape index (κ1) is 14.8. The van der Waals surface area contributed by atoms with E-state index in [1.54, 1.807) is 4.90 Å². The summed E-state index contributed by atoms with van der Waals surface area (Å²) in [6.45, 7) is 7.73. The van der Waals surface area contributed by atoms with Crippen LogP contribution in [0.25, 0.3) is 0 Å². The number of aliphatic hydroxyl groups excluding tert-OH is 1. The highest BCUT2D eigenvalue weighted by molar-refractivity contribution is 5.88. The number of amides is 1. The lowest BCUT2D eigenvalue weighted by Gasteiger charge is -2.37. The summed E-state index contributed by atoms with van der Waals surface area (Å²) < 4.78 is 18.1. The third-order valence-electron chi connectivity index (χ3n) is 4.35. The molecule has 2 fully saturated rings. The lowest BCUT2D eigenvalue weighted by atomic mass is 9.95. The van der Waals surface area contributed by atoms with Crippen molar-refractivity contribution in [2.75, 3.05) is 0 Å². The molecular weight excluding hydrogens is 276 g/mol. The van der Waals surface area contributed by atoms with E-state index in [0.717, 1.165) is 6.42 Å². The minimum atomic E-state index is -1.14. The van der Waals surface area contributed by atoms with Crippen LogP contribution in [0.3, 0.4) is 0 Å². The Morgan fingerprint density at radius 2 is 2.05 bits per heavy atom. The van der Waals surface area contributed by atoms with Gasteiger partial charge in [-0.25, -0.2) is 0 Å². The molecule has 3 aliphatic rings. The summed E-state index contributed by atoms with van der Waals surface area (Å²) in [7, 11) is 0. The highest BCUT2D eigenvalue weighted by atomic mass is 16.8. The first-order chi connectivity index (χ1) is 9.76. The van der Waals surface area contributed by atoms with Gasteiger partial charge in [0.2, 0.25) is 12.3 Å². The number of aliphatic hydroxyl groups is 1. The van der Waals surface area contributed by atoms with Crippen molar-refractivity contribution < 1.29 is 24.1 Å². The van der Waals surface area contributed by atoms with Crippen LogP contribution in [0, 0.1) is 0 Å². The number of nitrogens with zero attached hydrogens (tertiary/aromatic N) is 1. The van der Waals surface area contributed by atoms with Gasteiger partial charge in [0, 0.05) is 12.3 Å². The number of carbonyl (C=O) groups is 1. The minimum absolute atomic E-state index is 0.222. The second-order valence-corrected chi connectivity index (χ2v) is 6.34. The van der Waals surface area contributed by atoms with Crippen molar-refractivity contribution in [1.29, 1.82) is 0 Å². The van der Waals surface area contributed by atoms with Crippen LogP contribution >= 0.6 is 0 Å². The van der Waals surface area contributed by atoms with E-state index in [2.05, 4.69) is 5.32 Å². The van der Waals surface area contributed by atoms with Gasteiger partial charge in [-0.15, -0.1) is 0 Å². The highest BCUT2D eigenvalue weighted by Gasteiger charge is 2.61. The highest BCUT2D eigenvalue weighted by Crippen LogP contribution is 2.46. The van der Waals surface area contributed by atoms with Gasteiger partial charge in [-0.2, -0.15) is 0 Å². The van der Waals surface area contributed by atoms with E-state index in [4.69, 9.17) is 14.2 Å². The molecule has 3 heterocycles. The fourth-order valence-corrected chi connectivity index (χ4v) is 3.10. The maximum absolute atomic E-state index is 11.3. The molecule has 7 nitrogen and oxygen atoms in total. The zero-order chi connectivity index (χ0) is 15.4. The average molecular weight is 298 g/mol. The fraction of sp³-hybridized carbons (Fsp3) is 0.786. The Labute approximate surface area is 123 Å². The van der Waals surface area contributed by atoms with Gasteiger partial charge in [0.25, 0.3) is 0 Å². The molecule has 2 N–H and O–H groups in total. The quantitative estimate of drug-likeness (QED) is 0.761. The van der Waals surface area contributed by atoms with Crippen LogP contribution in [0.2, 0.25) is 0 Å². The zero-order valence-electron chi connectivity index (χ0n) is 12.7. The Balaban J connectivity index is 1.89. The molecule has 3 aliphatic heterocycles. The number of hydrogen-bond donors (Lipinski definition) is 2. The molecule has 0 aromatic heterocycles. The molecule has 0 aliphatic carbocycles. The van der Waals surface area contributed by atoms with Crippen LogP contribution in [0.15, 0.2) is 12.3 Å². The monoisotopic (exact) mass is 298 g/mol. The van der Waals surface area contributed by atoms with E-state index >= 15 is 0 Å². The van der Waals surface area contributed by atoms with Crippen molar-refractivity contribution in [2.24, 2.45) is 0 Å². The second-order valence-electron chi connectivity index (χ2n) is 6.34. The van der Waals surface area contributed by atoms with Crippen LogP contribution < -0.4 is 5.32 Å². The Morgan fingerprint density at radius 3 is 2.67 bits per heavy atom. The smallest absolute Gasteiger partial charge is 0.248 e. The lowest BCUT2D eigenvalue weighted by molar-refractivity contribution is -0.235. The number of hydrogen-bond acceptors (Lipinski definition) is 6. The van der Waals surface area contributed by atoms with Gasteiger partial charge in [-0.3, -0.25) is 4.79 Å². The van der Waals surface area contributed by atoms with E-state index in [0.29, 0.717) is 0 Å². The molecule has 5 atom stereocenters. The lowest BCUT2D eigenvalue weighted by Crippen LogP contribution is -2.55. The van der Waals surface area contributed by atoms with Gasteiger partial charge in [0.15, 0.2) is 12.0 Å². The van der Waals surface area contributed by atoms with Crippen molar-refractivity contribution in [1.82, 2.24) is 10.2 Å². The van der Waals surface area contributed by atoms with Gasteiger partial charge in [-0.1, -0.05) is 6.92 Å². The van der Waals surface area contributed by atoms with Crippen LogP contribution in [-0.4, -0.2) is 52.1 Å². The van der Waals surface area contributed by atoms with E-state index in [9.17, 15) is 9.90 Å². The fourth-order valence-electron chi connectivity index (χ4n) is 3.10. The van der Waals surface area contributed by atoms with Crippen molar-refractivity contribution >= 4 is 5.91 Å². The summed E-state index contributed by atoms with van der Waals surface area (Å²) in [5.74, 6) is -1.03. The van der Waals surface area contributed by atoms with Crippen molar-refractivity contribution in [3.8, 4) is 0 Å². The molecule has 7 heteroatoms. The molecular formula is C14H22N2O5. The van der Waals surface area contributed by atoms with Gasteiger partial charge in [-0.05, 0) is 27.2 Å². The van der Waals surface area contributed by atoms with Crippen molar-refractivity contribution in [3.63, 3.8) is 0 Å². The van der Waals surface area contributed by atoms with E-state index in [1.165, 1.54) is 12.3 Å². The van der Waals surface area contributed by atoms with Crippen molar-refractivity contribution in [2.45, 2.75) is 70.3 Å². The molecule has 0 bridgehead atoms. The predicted molar refractivity (Wildman–Crippen MR) is 72.5 cm³/mol. The third kappa shape index (κ3) is 2.34. The van der Waals surface area contributed by atoms with Crippen LogP contribution in [0.1, 0.15) is 34.1 Å². The van der Waals surface area contributed by atoms with E-state index < -0.39 is 24.0 Å². The average Bonchev–Trinajstić information content (AvgIpc) is 2.84. The number of rotatable bonds is 2. The molecule has 21 heavy (non-hydrogen) atoms. The summed E-state index contributed by atoms with van der Waals surface area (Å²) in [6, 6.07) is 0. The van der Waals surface area contributed by atoms with Crippen molar-refractivity contribution in [3.05, 3.63) is 12.3 Å². The van der Waals surface area contributed by atoms with Gasteiger partial charge < -0.3 is 29.5 Å². The first-order valence-corrected chi connectivity index (χ1v) is 7.23. The predicted octanol–water partition coefficient (Wildman–Crippen LogP) is 0.253. The molecule has 118 valence electrons. The number of nitrogens with one attached hydrogen (secondary N) is 1. The van der Waals surface area contributed by atoms with E-state index in [1.807, 2.05) is 27.7 Å². The zero-order valence-corrected chi connectivity index (χ0v) is 12.7. The molecule has 0 aromatic carbocycles. The number of ether oxygens (including phenoxy) is 3. The summed E-state index contributed by atoms with van der Waals surface area (Å²) in [5.41, 5.74) is -0.502. The maximum Gasteiger partial charge on any atom is 0.248 e. The Morgan fingerprint density at radius 1 is 1.33 bits per heavy atom. The SMILES string of the molecule is CC[C@@]1(C)O[C@@H](N2C=CC(=O)NC2O)C2OC(C)(C)OC21. The largest absolute Gasteiger partial charge is 0.356 e. The van der Waals surface area contributed by atoms with Crippen LogP contribution in [0.5, 0.6) is 0 Å².